The molecule has 6 nitrogen and oxygen atoms in total. The number of allylic oxidation sites excluding steroid dienone is 2. The molecule has 4 aliphatic carbocycles. The van der Waals surface area contributed by atoms with Crippen molar-refractivity contribution in [1.82, 2.24) is 15.0 Å². The molecule has 0 saturated heterocycles. The van der Waals surface area contributed by atoms with Gasteiger partial charge in [0.15, 0.2) is 0 Å². The molecule has 7 rings (SSSR count). The minimum absolute atomic E-state index is 0.315. The average molecular weight is 568 g/mol. The zero-order valence-electron chi connectivity index (χ0n) is 26.3. The molecule has 2 heterocycles. The Hall–Kier alpha value is -2.76. The van der Waals surface area contributed by atoms with Gasteiger partial charge in [-0.1, -0.05) is 77.7 Å². The van der Waals surface area contributed by atoms with Crippen molar-refractivity contribution < 1.29 is 4.42 Å². The molecule has 224 valence electrons. The van der Waals surface area contributed by atoms with Gasteiger partial charge in [-0.05, 0) is 103 Å². The van der Waals surface area contributed by atoms with E-state index >= 15 is 0 Å². The molecule has 1 aromatic carbocycles. The van der Waals surface area contributed by atoms with Crippen LogP contribution in [-0.2, 0) is 0 Å². The van der Waals surface area contributed by atoms with Gasteiger partial charge in [-0.3, -0.25) is 0 Å². The van der Waals surface area contributed by atoms with Gasteiger partial charge in [0, 0.05) is 12.1 Å². The van der Waals surface area contributed by atoms with Crippen molar-refractivity contribution >= 4 is 34.1 Å². The molecule has 0 aliphatic heterocycles. The topological polar surface area (TPSA) is 76.2 Å². The van der Waals surface area contributed by atoms with Gasteiger partial charge in [0.1, 0.15) is 0 Å². The number of oxazole rings is 1. The third-order valence-electron chi connectivity index (χ3n) is 12.4. The highest BCUT2D eigenvalue weighted by molar-refractivity contribution is 5.89. The maximum absolute atomic E-state index is 5.85. The second-order valence-corrected chi connectivity index (χ2v) is 15.1. The van der Waals surface area contributed by atoms with Crippen LogP contribution in [0.1, 0.15) is 105 Å². The van der Waals surface area contributed by atoms with Crippen molar-refractivity contribution in [3.63, 3.8) is 0 Å². The summed E-state index contributed by atoms with van der Waals surface area (Å²) in [7, 11) is 0. The fourth-order valence-corrected chi connectivity index (χ4v) is 10.1. The first kappa shape index (κ1) is 28.0. The Bertz CT molecular complexity index is 1470. The highest BCUT2D eigenvalue weighted by Crippen LogP contribution is 2.67. The molecule has 0 bridgehead atoms. The van der Waals surface area contributed by atoms with Crippen LogP contribution in [0.4, 0.5) is 6.01 Å². The number of benzene rings is 1. The first-order valence-electron chi connectivity index (χ1n) is 16.8. The number of rotatable bonds is 7. The SMILES string of the molecule is CC(C)CCCC(C)C1CCC2C3CC=C4C/C(=N/Nc5nc6nc7ccccc7nc6o5)CCC4(C)C3CCC12C. The van der Waals surface area contributed by atoms with Crippen molar-refractivity contribution in [3.05, 3.63) is 35.9 Å². The average Bonchev–Trinajstić information content (AvgIpc) is 3.54. The number of nitrogens with one attached hydrogen (secondary N) is 1. The standard InChI is InChI=1S/C36H49N5O/c1-22(2)9-8-10-23(3)27-15-16-28-26-14-13-24-21-25(17-19-35(24,4)29(26)18-20-36(27,28)5)40-41-34-39-32-33(42-34)38-31-12-7-6-11-30(31)37-32/h6-7,11-13,22-23,26-29H,8-10,14-21H2,1-5H3,(H,37,39,41)/b40-25+. The maximum Gasteiger partial charge on any atom is 0.319 e. The van der Waals surface area contributed by atoms with Gasteiger partial charge in [-0.25, -0.2) is 15.4 Å². The molecule has 6 heteroatoms. The van der Waals surface area contributed by atoms with Crippen molar-refractivity contribution in [2.45, 2.75) is 105 Å². The molecular formula is C36H49N5O. The zero-order chi connectivity index (χ0) is 29.1. The smallest absolute Gasteiger partial charge is 0.319 e. The third-order valence-corrected chi connectivity index (χ3v) is 12.4. The van der Waals surface area contributed by atoms with E-state index in [1.807, 2.05) is 24.3 Å². The number of hydrazone groups is 1. The van der Waals surface area contributed by atoms with Crippen molar-refractivity contribution in [2.75, 3.05) is 5.43 Å². The van der Waals surface area contributed by atoms with E-state index in [1.165, 1.54) is 63.5 Å². The number of nitrogens with zero attached hydrogens (tertiary/aromatic N) is 4. The van der Waals surface area contributed by atoms with Crippen LogP contribution >= 0.6 is 0 Å². The third kappa shape index (κ3) is 4.77. The monoisotopic (exact) mass is 567 g/mol. The Labute approximate surface area is 251 Å². The summed E-state index contributed by atoms with van der Waals surface area (Å²) in [5.41, 5.74) is 9.35. The largest absolute Gasteiger partial charge is 0.401 e. The summed E-state index contributed by atoms with van der Waals surface area (Å²) in [6, 6.07) is 8.15. The first-order chi connectivity index (χ1) is 20.2. The Morgan fingerprint density at radius 3 is 2.60 bits per heavy atom. The van der Waals surface area contributed by atoms with Crippen LogP contribution in [0.15, 0.2) is 45.4 Å². The molecule has 2 aromatic heterocycles. The summed E-state index contributed by atoms with van der Waals surface area (Å²) in [6.07, 6.45) is 17.0. The Morgan fingerprint density at radius 1 is 0.976 bits per heavy atom. The van der Waals surface area contributed by atoms with Gasteiger partial charge < -0.3 is 4.42 Å². The second-order valence-electron chi connectivity index (χ2n) is 15.1. The van der Waals surface area contributed by atoms with Crippen LogP contribution in [0.3, 0.4) is 0 Å². The predicted molar refractivity (Wildman–Crippen MR) is 171 cm³/mol. The van der Waals surface area contributed by atoms with E-state index in [9.17, 15) is 0 Å². The van der Waals surface area contributed by atoms with Gasteiger partial charge in [-0.2, -0.15) is 10.1 Å². The maximum atomic E-state index is 5.85. The van der Waals surface area contributed by atoms with Gasteiger partial charge in [-0.15, -0.1) is 0 Å². The molecule has 7 atom stereocenters. The van der Waals surface area contributed by atoms with Crippen LogP contribution in [-0.4, -0.2) is 20.7 Å². The van der Waals surface area contributed by atoms with Crippen LogP contribution in [0.5, 0.6) is 0 Å². The summed E-state index contributed by atoms with van der Waals surface area (Å²) >= 11 is 0. The fourth-order valence-electron chi connectivity index (χ4n) is 10.1. The van der Waals surface area contributed by atoms with E-state index in [2.05, 4.69) is 61.1 Å². The highest BCUT2D eigenvalue weighted by Gasteiger charge is 2.59. The van der Waals surface area contributed by atoms with Crippen molar-refractivity contribution in [2.24, 2.45) is 51.4 Å². The van der Waals surface area contributed by atoms with Gasteiger partial charge in [0.2, 0.25) is 5.65 Å². The molecular weight excluding hydrogens is 518 g/mol. The molecule has 3 fully saturated rings. The molecule has 1 N–H and O–H groups in total. The van der Waals surface area contributed by atoms with E-state index in [4.69, 9.17) is 9.52 Å². The van der Waals surface area contributed by atoms with Gasteiger partial charge in [0.05, 0.1) is 11.0 Å². The second kappa shape index (κ2) is 10.7. The predicted octanol–water partition coefficient (Wildman–Crippen LogP) is 9.58. The molecule has 0 amide bonds. The number of hydrogen-bond donors (Lipinski definition) is 1. The number of aromatic nitrogens is 3. The normalized spacial score (nSPS) is 34.3. The Kier molecular flexibility index (Phi) is 7.18. The molecule has 0 spiro atoms. The Morgan fingerprint density at radius 2 is 1.79 bits per heavy atom. The van der Waals surface area contributed by atoms with Gasteiger partial charge >= 0.3 is 6.01 Å². The highest BCUT2D eigenvalue weighted by atomic mass is 16.4. The quantitative estimate of drug-likeness (QED) is 0.227. The van der Waals surface area contributed by atoms with Crippen LogP contribution < -0.4 is 5.43 Å². The lowest BCUT2D eigenvalue weighted by Crippen LogP contribution is -2.50. The number of fused-ring (bicyclic) bond motifs is 7. The molecule has 3 saturated carbocycles. The summed E-state index contributed by atoms with van der Waals surface area (Å²) in [6.45, 7) is 12.6. The molecule has 4 aliphatic rings. The van der Waals surface area contributed by atoms with Crippen molar-refractivity contribution in [1.29, 1.82) is 0 Å². The number of anilines is 1. The van der Waals surface area contributed by atoms with Gasteiger partial charge in [0.25, 0.3) is 5.71 Å². The van der Waals surface area contributed by atoms with Crippen molar-refractivity contribution in [3.8, 4) is 0 Å². The molecule has 7 unspecified atom stereocenters. The lowest BCUT2D eigenvalue weighted by atomic mass is 9.47. The minimum Gasteiger partial charge on any atom is -0.401 e. The van der Waals surface area contributed by atoms with E-state index in [0.29, 0.717) is 28.2 Å². The van der Waals surface area contributed by atoms with Crippen LogP contribution in [0, 0.1) is 46.3 Å². The fraction of sp³-hybridized carbons (Fsp3) is 0.667. The Balaban J connectivity index is 1.04. The lowest BCUT2D eigenvalue weighted by Gasteiger charge is -2.58. The van der Waals surface area contributed by atoms with E-state index < -0.39 is 0 Å². The number of para-hydroxylation sites is 2. The zero-order valence-corrected chi connectivity index (χ0v) is 26.3. The molecule has 42 heavy (non-hydrogen) atoms. The molecule has 3 aromatic rings. The van der Waals surface area contributed by atoms with Crippen LogP contribution in [0.25, 0.3) is 22.4 Å². The number of hydrogen-bond acceptors (Lipinski definition) is 6. The molecule has 0 radical (unpaired) electrons. The van der Waals surface area contributed by atoms with E-state index in [-0.39, 0.29) is 0 Å². The minimum atomic E-state index is 0.315. The lowest BCUT2D eigenvalue weighted by molar-refractivity contribution is -0.0468. The summed E-state index contributed by atoms with van der Waals surface area (Å²) < 4.78 is 5.85. The van der Waals surface area contributed by atoms with Crippen LogP contribution in [0.2, 0.25) is 0 Å². The summed E-state index contributed by atoms with van der Waals surface area (Å²) in [5, 5.41) is 4.79. The summed E-state index contributed by atoms with van der Waals surface area (Å²) in [4.78, 5) is 13.7. The van der Waals surface area contributed by atoms with E-state index in [0.717, 1.165) is 59.4 Å². The van der Waals surface area contributed by atoms with E-state index in [1.54, 1.807) is 5.57 Å². The first-order valence-corrected chi connectivity index (χ1v) is 16.8. The summed E-state index contributed by atoms with van der Waals surface area (Å²) in [5.74, 6) is 5.20.